The van der Waals surface area contributed by atoms with E-state index in [2.05, 4.69) is 10.3 Å². The average Bonchev–Trinajstić information content (AvgIpc) is 2.89. The lowest BCUT2D eigenvalue weighted by molar-refractivity contribution is -0.137. The SMILES string of the molecule is O=C(Nc1ccc(F)cc1F)N1CCOC[C@H](Oc2ccc(C(F)(F)F)cn2)C1. The molecule has 29 heavy (non-hydrogen) atoms. The van der Waals surface area contributed by atoms with E-state index in [1.807, 2.05) is 0 Å². The van der Waals surface area contributed by atoms with Gasteiger partial charge in [0.15, 0.2) is 0 Å². The second kappa shape index (κ2) is 8.60. The van der Waals surface area contributed by atoms with Crippen LogP contribution in [0, 0.1) is 11.6 Å². The van der Waals surface area contributed by atoms with Gasteiger partial charge in [0.25, 0.3) is 0 Å². The quantitative estimate of drug-likeness (QED) is 0.774. The molecule has 0 aliphatic carbocycles. The predicted molar refractivity (Wildman–Crippen MR) is 91.4 cm³/mol. The third kappa shape index (κ3) is 5.53. The number of nitrogens with one attached hydrogen (secondary N) is 1. The number of amides is 2. The molecule has 1 N–H and O–H groups in total. The van der Waals surface area contributed by atoms with E-state index in [-0.39, 0.29) is 37.9 Å². The van der Waals surface area contributed by atoms with Crippen molar-refractivity contribution in [3.8, 4) is 5.88 Å². The normalized spacial score (nSPS) is 17.6. The number of alkyl halides is 3. The van der Waals surface area contributed by atoms with Crippen molar-refractivity contribution in [2.75, 3.05) is 31.6 Å². The van der Waals surface area contributed by atoms with Crippen LogP contribution in [0.25, 0.3) is 0 Å². The topological polar surface area (TPSA) is 63.7 Å². The van der Waals surface area contributed by atoms with Crippen molar-refractivity contribution in [2.24, 2.45) is 0 Å². The lowest BCUT2D eigenvalue weighted by Gasteiger charge is -2.24. The van der Waals surface area contributed by atoms with E-state index in [1.54, 1.807) is 0 Å². The Kier molecular flexibility index (Phi) is 6.16. The third-order valence-electron chi connectivity index (χ3n) is 4.04. The molecular weight excluding hydrogens is 401 g/mol. The van der Waals surface area contributed by atoms with Gasteiger partial charge in [0.05, 0.1) is 31.0 Å². The van der Waals surface area contributed by atoms with Gasteiger partial charge in [-0.3, -0.25) is 0 Å². The number of rotatable bonds is 3. The molecule has 1 aliphatic heterocycles. The number of nitrogens with zero attached hydrogens (tertiary/aromatic N) is 2. The number of ether oxygens (including phenoxy) is 2. The standard InChI is InChI=1S/C18H16F5N3O3/c19-12-2-3-15(14(20)7-12)25-17(27)26-5-6-28-10-13(9-26)29-16-4-1-11(8-24-16)18(21,22)23/h1-4,7-8,13H,5-6,9-10H2,(H,25,27)/t13-/m1/s1. The molecule has 3 rings (SSSR count). The third-order valence-corrected chi connectivity index (χ3v) is 4.04. The lowest BCUT2D eigenvalue weighted by Crippen LogP contribution is -2.42. The van der Waals surface area contributed by atoms with E-state index in [0.29, 0.717) is 12.3 Å². The van der Waals surface area contributed by atoms with E-state index >= 15 is 0 Å². The monoisotopic (exact) mass is 417 g/mol. The zero-order valence-corrected chi connectivity index (χ0v) is 14.9. The number of aromatic nitrogens is 1. The number of pyridine rings is 1. The van der Waals surface area contributed by atoms with Gasteiger partial charge in [-0.05, 0) is 18.2 Å². The zero-order chi connectivity index (χ0) is 21.0. The van der Waals surface area contributed by atoms with E-state index in [1.165, 1.54) is 4.90 Å². The molecule has 1 aliphatic rings. The van der Waals surface area contributed by atoms with E-state index in [0.717, 1.165) is 24.3 Å². The molecule has 0 spiro atoms. The van der Waals surface area contributed by atoms with Gasteiger partial charge < -0.3 is 19.7 Å². The molecule has 1 aromatic heterocycles. The van der Waals surface area contributed by atoms with Gasteiger partial charge in [-0.2, -0.15) is 13.2 Å². The first kappa shape index (κ1) is 20.8. The van der Waals surface area contributed by atoms with Gasteiger partial charge in [-0.25, -0.2) is 18.6 Å². The van der Waals surface area contributed by atoms with Crippen molar-refractivity contribution in [1.29, 1.82) is 0 Å². The number of carbonyl (C=O) groups excluding carboxylic acids is 1. The Morgan fingerprint density at radius 3 is 2.69 bits per heavy atom. The summed E-state index contributed by atoms with van der Waals surface area (Å²) in [6, 6.07) is 4.00. The van der Waals surface area contributed by atoms with E-state index in [4.69, 9.17) is 9.47 Å². The van der Waals surface area contributed by atoms with Gasteiger partial charge in [-0.1, -0.05) is 0 Å². The maximum absolute atomic E-state index is 13.7. The second-order valence-electron chi connectivity index (χ2n) is 6.20. The maximum atomic E-state index is 13.7. The largest absolute Gasteiger partial charge is 0.470 e. The van der Waals surface area contributed by atoms with Crippen LogP contribution in [-0.2, 0) is 10.9 Å². The molecule has 2 amide bonds. The fourth-order valence-corrected chi connectivity index (χ4v) is 2.61. The Bertz CT molecular complexity index is 861. The minimum Gasteiger partial charge on any atom is -0.470 e. The summed E-state index contributed by atoms with van der Waals surface area (Å²) in [7, 11) is 0. The van der Waals surface area contributed by atoms with Crippen molar-refractivity contribution >= 4 is 11.7 Å². The summed E-state index contributed by atoms with van der Waals surface area (Å²) in [5, 5.41) is 2.34. The van der Waals surface area contributed by atoms with Crippen LogP contribution in [0.15, 0.2) is 36.5 Å². The highest BCUT2D eigenvalue weighted by atomic mass is 19.4. The summed E-state index contributed by atoms with van der Waals surface area (Å²) >= 11 is 0. The number of carbonyl (C=O) groups is 1. The van der Waals surface area contributed by atoms with Crippen LogP contribution in [0.2, 0.25) is 0 Å². The van der Waals surface area contributed by atoms with Gasteiger partial charge in [0.2, 0.25) is 5.88 Å². The van der Waals surface area contributed by atoms with Crippen LogP contribution in [0.1, 0.15) is 5.56 Å². The number of hydrogen-bond donors (Lipinski definition) is 1. The van der Waals surface area contributed by atoms with E-state index in [9.17, 15) is 26.7 Å². The van der Waals surface area contributed by atoms with Crippen LogP contribution < -0.4 is 10.1 Å². The van der Waals surface area contributed by atoms with Gasteiger partial charge in [0, 0.05) is 24.9 Å². The molecule has 1 saturated heterocycles. The fraction of sp³-hybridized carbons (Fsp3) is 0.333. The molecule has 0 saturated carbocycles. The van der Waals surface area contributed by atoms with Crippen LogP contribution in [-0.4, -0.2) is 48.3 Å². The number of urea groups is 1. The summed E-state index contributed by atoms with van der Waals surface area (Å²) in [6.07, 6.45) is -4.57. The Hall–Kier alpha value is -2.95. The average molecular weight is 417 g/mol. The van der Waals surface area contributed by atoms with Gasteiger partial charge >= 0.3 is 12.2 Å². The second-order valence-corrected chi connectivity index (χ2v) is 6.20. The highest BCUT2D eigenvalue weighted by Gasteiger charge is 2.31. The van der Waals surface area contributed by atoms with Crippen LogP contribution >= 0.6 is 0 Å². The van der Waals surface area contributed by atoms with E-state index < -0.39 is 35.5 Å². The Labute approximate surface area is 162 Å². The first-order valence-electron chi connectivity index (χ1n) is 8.51. The number of halogens is 5. The highest BCUT2D eigenvalue weighted by molar-refractivity contribution is 5.89. The van der Waals surface area contributed by atoms with Crippen molar-refractivity contribution in [2.45, 2.75) is 12.3 Å². The van der Waals surface area contributed by atoms with Crippen LogP contribution in [0.5, 0.6) is 5.88 Å². The summed E-state index contributed by atoms with van der Waals surface area (Å²) < 4.78 is 75.4. The van der Waals surface area contributed by atoms with Crippen LogP contribution in [0.4, 0.5) is 32.4 Å². The predicted octanol–water partition coefficient (Wildman–Crippen LogP) is 3.69. The fourth-order valence-electron chi connectivity index (χ4n) is 2.61. The highest BCUT2D eigenvalue weighted by Crippen LogP contribution is 2.29. The molecular formula is C18H16F5N3O3. The molecule has 0 bridgehead atoms. The molecule has 1 fully saturated rings. The minimum absolute atomic E-state index is 0.0251. The molecule has 1 atom stereocenters. The zero-order valence-electron chi connectivity index (χ0n) is 14.9. The lowest BCUT2D eigenvalue weighted by atomic mass is 10.3. The smallest absolute Gasteiger partial charge is 0.417 e. The minimum atomic E-state index is -4.51. The first-order valence-corrected chi connectivity index (χ1v) is 8.51. The Balaban J connectivity index is 1.64. The molecule has 6 nitrogen and oxygen atoms in total. The molecule has 2 aromatic rings. The molecule has 0 radical (unpaired) electrons. The molecule has 11 heteroatoms. The maximum Gasteiger partial charge on any atom is 0.417 e. The van der Waals surface area contributed by atoms with Crippen molar-refractivity contribution in [3.63, 3.8) is 0 Å². The first-order chi connectivity index (χ1) is 13.7. The summed E-state index contributed by atoms with van der Waals surface area (Å²) in [6.45, 7) is 0.462. The van der Waals surface area contributed by atoms with Gasteiger partial charge in [0.1, 0.15) is 17.7 Å². The molecule has 156 valence electrons. The summed E-state index contributed by atoms with van der Waals surface area (Å²) in [5.74, 6) is -1.76. The summed E-state index contributed by atoms with van der Waals surface area (Å²) in [5.41, 5.74) is -1.10. The Morgan fingerprint density at radius 1 is 1.24 bits per heavy atom. The number of benzene rings is 1. The summed E-state index contributed by atoms with van der Waals surface area (Å²) in [4.78, 5) is 17.3. The number of anilines is 1. The van der Waals surface area contributed by atoms with Crippen molar-refractivity contribution in [3.05, 3.63) is 53.7 Å². The molecule has 0 unspecified atom stereocenters. The van der Waals surface area contributed by atoms with Crippen molar-refractivity contribution in [1.82, 2.24) is 9.88 Å². The van der Waals surface area contributed by atoms with Gasteiger partial charge in [-0.15, -0.1) is 0 Å². The van der Waals surface area contributed by atoms with Crippen LogP contribution in [0.3, 0.4) is 0 Å². The molecule has 2 heterocycles. The molecule has 1 aromatic carbocycles. The number of hydrogen-bond acceptors (Lipinski definition) is 4. The van der Waals surface area contributed by atoms with Crippen molar-refractivity contribution < 1.29 is 36.2 Å². The Morgan fingerprint density at radius 2 is 2.03 bits per heavy atom.